The second-order valence-electron chi connectivity index (χ2n) is 6.53. The van der Waals surface area contributed by atoms with Crippen molar-refractivity contribution in [3.63, 3.8) is 0 Å². The van der Waals surface area contributed by atoms with Crippen molar-refractivity contribution in [2.24, 2.45) is 0 Å². The first kappa shape index (κ1) is 18.7. The summed E-state index contributed by atoms with van der Waals surface area (Å²) in [6.07, 6.45) is 3.30. The van der Waals surface area contributed by atoms with Gasteiger partial charge >= 0.3 is 6.03 Å². The highest BCUT2D eigenvalue weighted by atomic mass is 16.2. The standard InChI is InChI=1S/C22H25N3O2/c26-21(11-14-23-22(27)24-17-18-7-3-1-4-8-18)25-15-12-20(13-16-25)19-9-5-2-6-10-19/h1-10,12H,11,13-17H2,(H2,23,24,27). The van der Waals surface area contributed by atoms with Crippen LogP contribution in [0.1, 0.15) is 24.0 Å². The zero-order valence-electron chi connectivity index (χ0n) is 15.4. The SMILES string of the molecule is O=C(NCCC(=O)N1CC=C(c2ccccc2)CC1)NCc1ccccc1. The Morgan fingerprint density at radius 3 is 2.30 bits per heavy atom. The third-order valence-electron chi connectivity index (χ3n) is 4.63. The quantitative estimate of drug-likeness (QED) is 0.828. The van der Waals surface area contributed by atoms with Crippen molar-refractivity contribution in [3.8, 4) is 0 Å². The first-order valence-corrected chi connectivity index (χ1v) is 9.30. The van der Waals surface area contributed by atoms with E-state index in [1.165, 1.54) is 11.1 Å². The van der Waals surface area contributed by atoms with Gasteiger partial charge in [0.15, 0.2) is 0 Å². The first-order chi connectivity index (χ1) is 13.2. The van der Waals surface area contributed by atoms with Crippen molar-refractivity contribution in [1.82, 2.24) is 15.5 Å². The van der Waals surface area contributed by atoms with Gasteiger partial charge < -0.3 is 15.5 Å². The van der Waals surface area contributed by atoms with Gasteiger partial charge in [0.2, 0.25) is 5.91 Å². The Bertz CT molecular complexity index is 788. The van der Waals surface area contributed by atoms with Gasteiger partial charge in [-0.15, -0.1) is 0 Å². The molecular formula is C22H25N3O2. The number of hydrogen-bond acceptors (Lipinski definition) is 2. The maximum atomic E-state index is 12.3. The Hall–Kier alpha value is -3.08. The zero-order valence-corrected chi connectivity index (χ0v) is 15.4. The second kappa shape index (κ2) is 9.57. The van der Waals surface area contributed by atoms with Crippen LogP contribution in [0.5, 0.6) is 0 Å². The van der Waals surface area contributed by atoms with E-state index in [2.05, 4.69) is 28.8 Å². The summed E-state index contributed by atoms with van der Waals surface area (Å²) in [6, 6.07) is 19.7. The summed E-state index contributed by atoms with van der Waals surface area (Å²) in [5, 5.41) is 5.54. The van der Waals surface area contributed by atoms with Crippen LogP contribution in [0.15, 0.2) is 66.7 Å². The fraction of sp³-hybridized carbons (Fsp3) is 0.273. The van der Waals surface area contributed by atoms with Crippen LogP contribution >= 0.6 is 0 Å². The molecule has 2 aromatic carbocycles. The molecule has 2 N–H and O–H groups in total. The van der Waals surface area contributed by atoms with E-state index in [1.54, 1.807) is 0 Å². The number of benzene rings is 2. The van der Waals surface area contributed by atoms with Gasteiger partial charge in [-0.2, -0.15) is 0 Å². The number of urea groups is 1. The lowest BCUT2D eigenvalue weighted by molar-refractivity contribution is -0.130. The third-order valence-corrected chi connectivity index (χ3v) is 4.63. The topological polar surface area (TPSA) is 61.4 Å². The first-order valence-electron chi connectivity index (χ1n) is 9.30. The molecule has 3 rings (SSSR count). The molecule has 0 atom stereocenters. The molecule has 0 spiro atoms. The normalized spacial score (nSPS) is 13.6. The largest absolute Gasteiger partial charge is 0.339 e. The molecule has 0 radical (unpaired) electrons. The molecule has 5 nitrogen and oxygen atoms in total. The van der Waals surface area contributed by atoms with Crippen LogP contribution in [0, 0.1) is 0 Å². The smallest absolute Gasteiger partial charge is 0.315 e. The van der Waals surface area contributed by atoms with E-state index in [-0.39, 0.29) is 11.9 Å². The summed E-state index contributed by atoms with van der Waals surface area (Å²) >= 11 is 0. The Balaban J connectivity index is 1.36. The van der Waals surface area contributed by atoms with E-state index in [0.29, 0.717) is 26.1 Å². The van der Waals surface area contributed by atoms with Crippen molar-refractivity contribution >= 4 is 17.5 Å². The molecule has 140 valence electrons. The number of nitrogens with one attached hydrogen (secondary N) is 2. The predicted octanol–water partition coefficient (Wildman–Crippen LogP) is 3.19. The van der Waals surface area contributed by atoms with Gasteiger partial charge in [-0.05, 0) is 23.1 Å². The van der Waals surface area contributed by atoms with Gasteiger partial charge in [0, 0.05) is 32.6 Å². The van der Waals surface area contributed by atoms with Crippen LogP contribution < -0.4 is 10.6 Å². The summed E-state index contributed by atoms with van der Waals surface area (Å²) in [6.45, 7) is 2.16. The Morgan fingerprint density at radius 2 is 1.63 bits per heavy atom. The molecule has 0 saturated heterocycles. The van der Waals surface area contributed by atoms with Gasteiger partial charge in [0.25, 0.3) is 0 Å². The number of hydrogen-bond donors (Lipinski definition) is 2. The monoisotopic (exact) mass is 363 g/mol. The van der Waals surface area contributed by atoms with E-state index in [9.17, 15) is 9.59 Å². The van der Waals surface area contributed by atoms with Crippen LogP contribution in [0.4, 0.5) is 4.79 Å². The van der Waals surface area contributed by atoms with Crippen LogP contribution in [0.25, 0.3) is 5.57 Å². The summed E-state index contributed by atoms with van der Waals surface area (Å²) in [4.78, 5) is 26.0. The lowest BCUT2D eigenvalue weighted by atomic mass is 9.99. The number of carbonyl (C=O) groups is 2. The van der Waals surface area contributed by atoms with Crippen molar-refractivity contribution in [3.05, 3.63) is 77.9 Å². The molecule has 0 aliphatic carbocycles. The zero-order chi connectivity index (χ0) is 18.9. The van der Waals surface area contributed by atoms with Gasteiger partial charge in [0.1, 0.15) is 0 Å². The molecule has 0 aromatic heterocycles. The molecule has 0 bridgehead atoms. The fourth-order valence-corrected chi connectivity index (χ4v) is 3.09. The third kappa shape index (κ3) is 5.71. The van der Waals surface area contributed by atoms with E-state index in [4.69, 9.17) is 0 Å². The lowest BCUT2D eigenvalue weighted by Gasteiger charge is -2.26. The Labute approximate surface area is 160 Å². The predicted molar refractivity (Wildman–Crippen MR) is 107 cm³/mol. The highest BCUT2D eigenvalue weighted by Crippen LogP contribution is 2.22. The van der Waals surface area contributed by atoms with Crippen LogP contribution in [-0.4, -0.2) is 36.5 Å². The summed E-state index contributed by atoms with van der Waals surface area (Å²) in [5.41, 5.74) is 3.55. The molecule has 0 unspecified atom stereocenters. The number of amides is 3. The van der Waals surface area contributed by atoms with Crippen molar-refractivity contribution in [2.45, 2.75) is 19.4 Å². The molecule has 0 fully saturated rings. The second-order valence-corrected chi connectivity index (χ2v) is 6.53. The number of nitrogens with zero attached hydrogens (tertiary/aromatic N) is 1. The van der Waals surface area contributed by atoms with E-state index >= 15 is 0 Å². The average molecular weight is 363 g/mol. The minimum Gasteiger partial charge on any atom is -0.339 e. The molecular weight excluding hydrogens is 338 g/mol. The molecule has 0 saturated carbocycles. The minimum atomic E-state index is -0.253. The van der Waals surface area contributed by atoms with Crippen molar-refractivity contribution < 1.29 is 9.59 Å². The minimum absolute atomic E-state index is 0.0710. The van der Waals surface area contributed by atoms with Gasteiger partial charge in [-0.25, -0.2) is 4.79 Å². The van der Waals surface area contributed by atoms with E-state index in [0.717, 1.165) is 18.5 Å². The Morgan fingerprint density at radius 1 is 0.926 bits per heavy atom. The molecule has 1 aliphatic rings. The van der Waals surface area contributed by atoms with Crippen molar-refractivity contribution in [1.29, 1.82) is 0 Å². The summed E-state index contributed by atoms with van der Waals surface area (Å²) in [7, 11) is 0. The molecule has 1 heterocycles. The van der Waals surface area contributed by atoms with E-state index in [1.807, 2.05) is 53.4 Å². The number of carbonyl (C=O) groups excluding carboxylic acids is 2. The van der Waals surface area contributed by atoms with E-state index < -0.39 is 0 Å². The van der Waals surface area contributed by atoms with Crippen LogP contribution in [0.2, 0.25) is 0 Å². The van der Waals surface area contributed by atoms with Crippen molar-refractivity contribution in [2.75, 3.05) is 19.6 Å². The Kier molecular flexibility index (Phi) is 6.63. The van der Waals surface area contributed by atoms with Crippen LogP contribution in [0.3, 0.4) is 0 Å². The summed E-state index contributed by atoms with van der Waals surface area (Å²) < 4.78 is 0. The fourth-order valence-electron chi connectivity index (χ4n) is 3.09. The summed E-state index contributed by atoms with van der Waals surface area (Å²) in [5.74, 6) is 0.0710. The molecule has 2 aromatic rings. The maximum absolute atomic E-state index is 12.3. The molecule has 3 amide bonds. The number of rotatable bonds is 6. The average Bonchev–Trinajstić information content (AvgIpc) is 2.74. The van der Waals surface area contributed by atoms with Crippen LogP contribution in [-0.2, 0) is 11.3 Å². The van der Waals surface area contributed by atoms with Gasteiger partial charge in [-0.1, -0.05) is 66.7 Å². The molecule has 5 heteroatoms. The maximum Gasteiger partial charge on any atom is 0.315 e. The highest BCUT2D eigenvalue weighted by Gasteiger charge is 2.17. The van der Waals surface area contributed by atoms with Gasteiger partial charge in [-0.3, -0.25) is 4.79 Å². The lowest BCUT2D eigenvalue weighted by Crippen LogP contribution is -2.39. The highest BCUT2D eigenvalue weighted by molar-refractivity contribution is 5.79. The van der Waals surface area contributed by atoms with Gasteiger partial charge in [0.05, 0.1) is 0 Å². The molecule has 1 aliphatic heterocycles. The molecule has 27 heavy (non-hydrogen) atoms.